The summed E-state index contributed by atoms with van der Waals surface area (Å²) in [5.41, 5.74) is 2.38. The van der Waals surface area contributed by atoms with Crippen LogP contribution in [0.15, 0.2) is 97.1 Å². The van der Waals surface area contributed by atoms with Crippen LogP contribution in [-0.2, 0) is 38.1 Å². The van der Waals surface area contributed by atoms with E-state index in [2.05, 4.69) is 13.2 Å². The van der Waals surface area contributed by atoms with Gasteiger partial charge < -0.3 is 33.2 Å². The van der Waals surface area contributed by atoms with E-state index in [-0.39, 0.29) is 56.0 Å². The van der Waals surface area contributed by atoms with E-state index in [1.54, 1.807) is 48.5 Å². The third-order valence-electron chi connectivity index (χ3n) is 10.5. The third kappa shape index (κ3) is 16.6. The minimum absolute atomic E-state index is 0.000895. The Hall–Kier alpha value is -5.91. The Labute approximate surface area is 358 Å². The first-order valence-corrected chi connectivity index (χ1v) is 21.5. The predicted octanol–water partition coefficient (Wildman–Crippen LogP) is 9.62. The molecule has 2 aliphatic carbocycles. The zero-order chi connectivity index (χ0) is 43.2. The van der Waals surface area contributed by atoms with E-state index in [4.69, 9.17) is 33.2 Å². The van der Waals surface area contributed by atoms with E-state index in [0.717, 1.165) is 88.2 Å². The number of esters is 5. The number of carbonyl (C=O) groups excluding carboxylic acids is 5. The lowest BCUT2D eigenvalue weighted by Gasteiger charge is -2.21. The second-order valence-corrected chi connectivity index (χ2v) is 15.4. The molecule has 2 fully saturated rings. The van der Waals surface area contributed by atoms with Crippen molar-refractivity contribution in [3.05, 3.63) is 103 Å². The van der Waals surface area contributed by atoms with E-state index in [1.807, 2.05) is 24.3 Å². The van der Waals surface area contributed by atoms with Gasteiger partial charge in [0.25, 0.3) is 0 Å². The average Bonchev–Trinajstić information content (AvgIpc) is 3.27. The summed E-state index contributed by atoms with van der Waals surface area (Å²) in [4.78, 5) is 61.5. The molecule has 61 heavy (non-hydrogen) atoms. The molecule has 0 bridgehead atoms. The van der Waals surface area contributed by atoms with E-state index in [9.17, 15) is 24.0 Å². The fourth-order valence-corrected chi connectivity index (χ4v) is 7.04. The van der Waals surface area contributed by atoms with Crippen molar-refractivity contribution in [1.29, 1.82) is 0 Å². The summed E-state index contributed by atoms with van der Waals surface area (Å²) in [5, 5.41) is 0. The van der Waals surface area contributed by atoms with Gasteiger partial charge in [-0.1, -0.05) is 50.3 Å². The largest absolute Gasteiger partial charge is 0.494 e. The summed E-state index contributed by atoms with van der Waals surface area (Å²) in [5.74, 6) is -0.937. The van der Waals surface area contributed by atoms with Gasteiger partial charge in [0.15, 0.2) is 0 Å². The molecular formula is C49H58O12. The van der Waals surface area contributed by atoms with Gasteiger partial charge in [0.2, 0.25) is 0 Å². The highest BCUT2D eigenvalue weighted by Gasteiger charge is 2.22. The van der Waals surface area contributed by atoms with Crippen LogP contribution in [0.3, 0.4) is 0 Å². The lowest BCUT2D eigenvalue weighted by atomic mass is 9.98. The summed E-state index contributed by atoms with van der Waals surface area (Å²) in [6.07, 6.45) is 12.8. The molecule has 0 aromatic heterocycles. The van der Waals surface area contributed by atoms with Crippen molar-refractivity contribution in [2.24, 2.45) is 0 Å². The van der Waals surface area contributed by atoms with Gasteiger partial charge in [0.05, 0.1) is 31.6 Å². The Bertz CT molecular complexity index is 1900. The van der Waals surface area contributed by atoms with Crippen LogP contribution in [-0.4, -0.2) is 68.5 Å². The molecule has 12 nitrogen and oxygen atoms in total. The number of carbonyl (C=O) groups is 5. The van der Waals surface area contributed by atoms with Gasteiger partial charge in [-0.25, -0.2) is 14.4 Å². The van der Waals surface area contributed by atoms with Gasteiger partial charge in [-0.3, -0.25) is 9.59 Å². The van der Waals surface area contributed by atoms with Crippen molar-refractivity contribution in [3.8, 4) is 28.4 Å². The van der Waals surface area contributed by atoms with Crippen molar-refractivity contribution in [2.75, 3.05) is 26.4 Å². The molecule has 0 aliphatic heterocycles. The van der Waals surface area contributed by atoms with Crippen molar-refractivity contribution in [2.45, 2.75) is 115 Å². The molecule has 12 heteroatoms. The molecule has 0 N–H and O–H groups in total. The van der Waals surface area contributed by atoms with E-state index < -0.39 is 29.8 Å². The molecule has 0 unspecified atom stereocenters. The van der Waals surface area contributed by atoms with Gasteiger partial charge in [-0.05, 0) is 137 Å². The van der Waals surface area contributed by atoms with Gasteiger partial charge in [-0.2, -0.15) is 0 Å². The molecule has 2 saturated carbocycles. The molecule has 0 heterocycles. The summed E-state index contributed by atoms with van der Waals surface area (Å²) >= 11 is 0. The molecule has 3 aromatic carbocycles. The number of unbranched alkanes of at least 4 members (excludes halogenated alkanes) is 3. The average molecular weight is 839 g/mol. The zero-order valence-corrected chi connectivity index (χ0v) is 35.0. The second-order valence-electron chi connectivity index (χ2n) is 15.4. The molecule has 0 atom stereocenters. The second kappa shape index (κ2) is 25.0. The zero-order valence-electron chi connectivity index (χ0n) is 35.0. The van der Waals surface area contributed by atoms with Crippen LogP contribution in [0.5, 0.6) is 17.2 Å². The van der Waals surface area contributed by atoms with Gasteiger partial charge >= 0.3 is 29.8 Å². The van der Waals surface area contributed by atoms with Crippen molar-refractivity contribution in [1.82, 2.24) is 0 Å². The molecule has 0 spiro atoms. The van der Waals surface area contributed by atoms with Gasteiger partial charge in [-0.15, -0.1) is 0 Å². The van der Waals surface area contributed by atoms with Crippen molar-refractivity contribution >= 4 is 29.8 Å². The third-order valence-corrected chi connectivity index (χ3v) is 10.5. The van der Waals surface area contributed by atoms with Crippen LogP contribution in [0.2, 0.25) is 0 Å². The van der Waals surface area contributed by atoms with Crippen LogP contribution in [0.1, 0.15) is 113 Å². The van der Waals surface area contributed by atoms with Crippen LogP contribution in [0.25, 0.3) is 11.1 Å². The normalized spacial score (nSPS) is 14.2. The lowest BCUT2D eigenvalue weighted by molar-refractivity contribution is -0.152. The monoisotopic (exact) mass is 838 g/mol. The van der Waals surface area contributed by atoms with Crippen LogP contribution >= 0.6 is 0 Å². The number of rotatable bonds is 23. The SMILES string of the molecule is C=C(CC(=O)OC1CCCCC1)C(=O)OCCCCCCOc1ccc(OC(=O)c2ccc(-c3ccc(OCCOC(=O)C(=C)CC(=O)OC4CCCCC4)cc3)cc2)cc1. The maximum atomic E-state index is 12.8. The minimum atomic E-state index is -0.652. The van der Waals surface area contributed by atoms with Crippen LogP contribution in [0, 0.1) is 0 Å². The first-order valence-electron chi connectivity index (χ1n) is 21.5. The van der Waals surface area contributed by atoms with Crippen molar-refractivity contribution in [3.63, 3.8) is 0 Å². The Morgan fingerprint density at radius 2 is 0.902 bits per heavy atom. The van der Waals surface area contributed by atoms with E-state index in [1.165, 1.54) is 6.42 Å². The number of benzene rings is 3. The van der Waals surface area contributed by atoms with Crippen LogP contribution in [0.4, 0.5) is 0 Å². The Morgan fingerprint density at radius 1 is 0.475 bits per heavy atom. The number of hydrogen-bond donors (Lipinski definition) is 0. The predicted molar refractivity (Wildman–Crippen MR) is 228 cm³/mol. The maximum Gasteiger partial charge on any atom is 0.343 e. The fraction of sp³-hybridized carbons (Fsp3) is 0.449. The molecule has 3 aromatic rings. The first-order chi connectivity index (χ1) is 29.6. The molecule has 0 radical (unpaired) electrons. The quantitative estimate of drug-likeness (QED) is 0.0294. The number of ether oxygens (including phenoxy) is 7. The maximum absolute atomic E-state index is 12.8. The molecule has 0 amide bonds. The Morgan fingerprint density at radius 3 is 1.43 bits per heavy atom. The van der Waals surface area contributed by atoms with Crippen molar-refractivity contribution < 1.29 is 57.1 Å². The molecule has 326 valence electrons. The summed E-state index contributed by atoms with van der Waals surface area (Å²) < 4.78 is 38.5. The van der Waals surface area contributed by atoms with E-state index >= 15 is 0 Å². The molecule has 2 aliphatic rings. The standard InChI is InChI=1S/C49H58O12/c1-35(33-45(50)59-42-13-7-5-8-14-42)47(52)57-30-12-4-3-11-29-55-41-25-27-44(28-26-41)61-49(54)39-19-17-37(18-20-39)38-21-23-40(24-22-38)56-31-32-58-48(53)36(2)34-46(51)60-43-15-9-6-10-16-43/h17-28,42-43H,1-16,29-34H2. The summed E-state index contributed by atoms with van der Waals surface area (Å²) in [6.45, 7) is 8.26. The fourth-order valence-electron chi connectivity index (χ4n) is 7.04. The highest BCUT2D eigenvalue weighted by atomic mass is 16.6. The van der Waals surface area contributed by atoms with Crippen LogP contribution < -0.4 is 14.2 Å². The topological polar surface area (TPSA) is 150 Å². The number of hydrogen-bond acceptors (Lipinski definition) is 12. The van der Waals surface area contributed by atoms with E-state index in [0.29, 0.717) is 35.8 Å². The smallest absolute Gasteiger partial charge is 0.343 e. The summed E-state index contributed by atoms with van der Waals surface area (Å²) in [6, 6.07) is 21.3. The highest BCUT2D eigenvalue weighted by molar-refractivity contribution is 5.94. The molecule has 0 saturated heterocycles. The summed E-state index contributed by atoms with van der Waals surface area (Å²) in [7, 11) is 0. The minimum Gasteiger partial charge on any atom is -0.494 e. The lowest BCUT2D eigenvalue weighted by Crippen LogP contribution is -2.22. The Balaban J connectivity index is 0.904. The molecule has 5 rings (SSSR count). The highest BCUT2D eigenvalue weighted by Crippen LogP contribution is 2.26. The molecular weight excluding hydrogens is 781 g/mol. The van der Waals surface area contributed by atoms with Gasteiger partial charge in [0.1, 0.15) is 42.7 Å². The first kappa shape index (κ1) is 46.2. The Kier molecular flexibility index (Phi) is 18.9. The van der Waals surface area contributed by atoms with Gasteiger partial charge in [0, 0.05) is 11.1 Å².